The fourth-order valence-electron chi connectivity index (χ4n) is 6.24. The number of aromatic nitrogens is 2. The second-order valence-corrected chi connectivity index (χ2v) is 11.3. The lowest BCUT2D eigenvalue weighted by atomic mass is 10.0. The summed E-state index contributed by atoms with van der Waals surface area (Å²) in [6.07, 6.45) is 7.80. The van der Waals surface area contributed by atoms with Crippen LogP contribution in [0.5, 0.6) is 11.6 Å². The number of amides is 1. The molecular weight excluding hydrogens is 524 g/mol. The number of anilines is 3. The zero-order valence-corrected chi connectivity index (χ0v) is 24.6. The minimum atomic E-state index is -0.119. The van der Waals surface area contributed by atoms with Gasteiger partial charge in [-0.25, -0.2) is 4.98 Å². The Balaban J connectivity index is 1.19. The highest BCUT2D eigenvalue weighted by atomic mass is 16.5. The van der Waals surface area contributed by atoms with Crippen LogP contribution in [0.25, 0.3) is 10.8 Å². The van der Waals surface area contributed by atoms with Crippen LogP contribution in [-0.4, -0.2) is 59.5 Å². The second-order valence-electron chi connectivity index (χ2n) is 11.3. The Kier molecular flexibility index (Phi) is 8.51. The number of rotatable bonds is 9. The molecule has 4 aromatic rings. The Bertz CT molecular complexity index is 1550. The van der Waals surface area contributed by atoms with Gasteiger partial charge in [0.05, 0.1) is 0 Å². The summed E-state index contributed by atoms with van der Waals surface area (Å²) in [6.45, 7) is 9.37. The van der Waals surface area contributed by atoms with Crippen molar-refractivity contribution < 1.29 is 9.53 Å². The lowest BCUT2D eigenvalue weighted by Crippen LogP contribution is -2.34. The van der Waals surface area contributed by atoms with Gasteiger partial charge in [0.25, 0.3) is 5.91 Å². The minimum absolute atomic E-state index is 0.119. The molecule has 2 aliphatic rings. The van der Waals surface area contributed by atoms with Crippen molar-refractivity contribution in [3.05, 3.63) is 78.0 Å². The lowest BCUT2D eigenvalue weighted by molar-refractivity contribution is 0.102. The monoisotopic (exact) mass is 564 g/mol. The standard InChI is InChI=1S/C34H40N6O2/c1-3-39-19-9-10-26(39)23-36-34-35-16-15-32(38-34)42-31-14-13-30(28-11-5-6-12-29(28)31)37-33(41)25-20-24(2)21-27(22-25)40-17-7-4-8-18-40/h5-6,11-16,20-22,26H,3-4,7-10,17-19,23H2,1-2H3,(H,37,41)(H,35,36,38). The molecule has 8 nitrogen and oxygen atoms in total. The van der Waals surface area contributed by atoms with E-state index in [1.807, 2.05) is 48.5 Å². The number of benzene rings is 3. The molecule has 3 heterocycles. The molecule has 6 rings (SSSR count). The van der Waals surface area contributed by atoms with Crippen molar-refractivity contribution in [1.29, 1.82) is 0 Å². The van der Waals surface area contributed by atoms with Crippen molar-refractivity contribution in [2.24, 2.45) is 0 Å². The van der Waals surface area contributed by atoms with E-state index in [1.54, 1.807) is 12.3 Å². The van der Waals surface area contributed by atoms with E-state index in [9.17, 15) is 4.79 Å². The molecule has 2 saturated heterocycles. The molecule has 2 fully saturated rings. The van der Waals surface area contributed by atoms with Crippen molar-refractivity contribution in [2.75, 3.05) is 48.3 Å². The van der Waals surface area contributed by atoms with Gasteiger partial charge in [-0.15, -0.1) is 0 Å². The predicted octanol–water partition coefficient (Wildman–Crippen LogP) is 6.87. The quantitative estimate of drug-likeness (QED) is 0.230. The molecule has 1 amide bonds. The smallest absolute Gasteiger partial charge is 0.255 e. The third-order valence-electron chi connectivity index (χ3n) is 8.42. The maximum absolute atomic E-state index is 13.5. The molecule has 0 aliphatic carbocycles. The molecule has 42 heavy (non-hydrogen) atoms. The summed E-state index contributed by atoms with van der Waals surface area (Å²) < 4.78 is 6.27. The van der Waals surface area contributed by atoms with E-state index < -0.39 is 0 Å². The van der Waals surface area contributed by atoms with Crippen LogP contribution in [0, 0.1) is 6.92 Å². The summed E-state index contributed by atoms with van der Waals surface area (Å²) in [4.78, 5) is 27.4. The highest BCUT2D eigenvalue weighted by molar-refractivity contribution is 6.10. The number of carbonyl (C=O) groups is 1. The van der Waals surface area contributed by atoms with Crippen LogP contribution in [0.2, 0.25) is 0 Å². The van der Waals surface area contributed by atoms with Crippen LogP contribution in [0.3, 0.4) is 0 Å². The number of carbonyl (C=O) groups excluding carboxylic acids is 1. The molecule has 1 aromatic heterocycles. The molecule has 1 unspecified atom stereocenters. The first-order chi connectivity index (χ1) is 20.6. The number of hydrogen-bond acceptors (Lipinski definition) is 7. The normalized spacial score (nSPS) is 17.4. The maximum atomic E-state index is 13.5. The average Bonchev–Trinajstić information content (AvgIpc) is 3.49. The number of likely N-dealkylation sites (N-methyl/N-ethyl adjacent to an activating group) is 1. The number of piperidine rings is 1. The summed E-state index contributed by atoms with van der Waals surface area (Å²) in [6, 6.07) is 20.1. The van der Waals surface area contributed by atoms with Gasteiger partial charge in [-0.3, -0.25) is 9.69 Å². The van der Waals surface area contributed by atoms with Gasteiger partial charge in [-0.1, -0.05) is 31.2 Å². The molecule has 0 radical (unpaired) electrons. The predicted molar refractivity (Wildman–Crippen MR) is 170 cm³/mol. The van der Waals surface area contributed by atoms with Gasteiger partial charge in [-0.2, -0.15) is 4.98 Å². The number of nitrogens with one attached hydrogen (secondary N) is 2. The first kappa shape index (κ1) is 28.0. The number of nitrogens with zero attached hydrogens (tertiary/aromatic N) is 4. The second kappa shape index (κ2) is 12.8. The first-order valence-electron chi connectivity index (χ1n) is 15.3. The van der Waals surface area contributed by atoms with Crippen molar-refractivity contribution in [2.45, 2.75) is 52.0 Å². The largest absolute Gasteiger partial charge is 0.438 e. The topological polar surface area (TPSA) is 82.6 Å². The van der Waals surface area contributed by atoms with Crippen LogP contribution in [0.15, 0.2) is 66.9 Å². The number of hydrogen-bond donors (Lipinski definition) is 2. The van der Waals surface area contributed by atoms with E-state index in [0.717, 1.165) is 60.4 Å². The zero-order valence-electron chi connectivity index (χ0n) is 24.6. The van der Waals surface area contributed by atoms with E-state index in [0.29, 0.717) is 29.2 Å². The summed E-state index contributed by atoms with van der Waals surface area (Å²) in [5.74, 6) is 1.58. The summed E-state index contributed by atoms with van der Waals surface area (Å²) in [5, 5.41) is 8.35. The van der Waals surface area contributed by atoms with Crippen LogP contribution in [-0.2, 0) is 0 Å². The highest BCUT2D eigenvalue weighted by Gasteiger charge is 2.23. The van der Waals surface area contributed by atoms with E-state index >= 15 is 0 Å². The highest BCUT2D eigenvalue weighted by Crippen LogP contribution is 2.34. The van der Waals surface area contributed by atoms with Crippen LogP contribution in [0.4, 0.5) is 17.3 Å². The zero-order chi connectivity index (χ0) is 28.9. The van der Waals surface area contributed by atoms with Crippen molar-refractivity contribution >= 4 is 34.0 Å². The van der Waals surface area contributed by atoms with E-state index in [-0.39, 0.29) is 5.91 Å². The maximum Gasteiger partial charge on any atom is 0.255 e. The molecule has 218 valence electrons. The van der Waals surface area contributed by atoms with E-state index in [2.05, 4.69) is 50.3 Å². The van der Waals surface area contributed by atoms with Crippen molar-refractivity contribution in [1.82, 2.24) is 14.9 Å². The fourth-order valence-corrected chi connectivity index (χ4v) is 6.24. The Morgan fingerprint density at radius 2 is 1.81 bits per heavy atom. The van der Waals surface area contributed by atoms with Crippen LogP contribution < -0.4 is 20.3 Å². The molecular formula is C34H40N6O2. The van der Waals surface area contributed by atoms with Gasteiger partial charge in [0.2, 0.25) is 11.8 Å². The van der Waals surface area contributed by atoms with E-state index in [4.69, 9.17) is 4.74 Å². The SMILES string of the molecule is CCN1CCCC1CNc1nccc(Oc2ccc(NC(=O)c3cc(C)cc(N4CCCCC4)c3)c3ccccc23)n1. The molecule has 3 aromatic carbocycles. The molecule has 2 N–H and O–H groups in total. The third kappa shape index (κ3) is 6.34. The molecule has 2 aliphatic heterocycles. The molecule has 8 heteroatoms. The van der Waals surface area contributed by atoms with Gasteiger partial charge in [0.15, 0.2) is 0 Å². The molecule has 0 bridgehead atoms. The van der Waals surface area contributed by atoms with Gasteiger partial charge >= 0.3 is 0 Å². The Morgan fingerprint density at radius 3 is 2.64 bits per heavy atom. The third-order valence-corrected chi connectivity index (χ3v) is 8.42. The fraction of sp³-hybridized carbons (Fsp3) is 0.382. The Labute approximate surface area is 248 Å². The number of fused-ring (bicyclic) bond motifs is 1. The van der Waals surface area contributed by atoms with Crippen LogP contribution >= 0.6 is 0 Å². The van der Waals surface area contributed by atoms with Gasteiger partial charge in [-0.05, 0) is 88.0 Å². The van der Waals surface area contributed by atoms with Gasteiger partial charge < -0.3 is 20.3 Å². The average molecular weight is 565 g/mol. The van der Waals surface area contributed by atoms with E-state index in [1.165, 1.54) is 32.1 Å². The summed E-state index contributed by atoms with van der Waals surface area (Å²) in [5.41, 5.74) is 3.62. The Hall–Kier alpha value is -4.17. The van der Waals surface area contributed by atoms with Crippen molar-refractivity contribution in [3.63, 3.8) is 0 Å². The molecule has 0 saturated carbocycles. The van der Waals surface area contributed by atoms with Crippen molar-refractivity contribution in [3.8, 4) is 11.6 Å². The first-order valence-corrected chi connectivity index (χ1v) is 15.3. The van der Waals surface area contributed by atoms with Gasteiger partial charge in [0, 0.05) is 65.6 Å². The van der Waals surface area contributed by atoms with Crippen LogP contribution in [0.1, 0.15) is 54.9 Å². The number of likely N-dealkylation sites (tertiary alicyclic amines) is 1. The molecule has 1 atom stereocenters. The number of aryl methyl sites for hydroxylation is 1. The van der Waals surface area contributed by atoms with Gasteiger partial charge in [0.1, 0.15) is 5.75 Å². The lowest BCUT2D eigenvalue weighted by Gasteiger charge is -2.29. The number of ether oxygens (including phenoxy) is 1. The summed E-state index contributed by atoms with van der Waals surface area (Å²) in [7, 11) is 0. The molecule has 0 spiro atoms. The minimum Gasteiger partial charge on any atom is -0.438 e. The summed E-state index contributed by atoms with van der Waals surface area (Å²) >= 11 is 0. The Morgan fingerprint density at radius 1 is 0.976 bits per heavy atom.